The maximum Gasteiger partial charge on any atom is 0.326 e. The first-order chi connectivity index (χ1) is 21.6. The summed E-state index contributed by atoms with van der Waals surface area (Å²) in [4.78, 5) is 33.0. The number of aromatic nitrogens is 2. The van der Waals surface area contributed by atoms with E-state index in [1.54, 1.807) is 0 Å². The number of nitrogens with zero attached hydrogens (tertiary/aromatic N) is 2. The van der Waals surface area contributed by atoms with Crippen molar-refractivity contribution >= 4 is 17.7 Å². The van der Waals surface area contributed by atoms with Crippen molar-refractivity contribution in [1.29, 1.82) is 0 Å². The SMILES string of the molecule is CCC(F)(F)c1cc(F)cnc1C(=O)N[C@@H](CCCCC(CCCCc1ccc2c(n1)NCCC2)CC[C@@H](CF)OC)C(=O)O. The molecule has 1 aliphatic heterocycles. The van der Waals surface area contributed by atoms with Crippen LogP contribution in [-0.4, -0.2) is 59.4 Å². The van der Waals surface area contributed by atoms with Crippen LogP contribution in [0.25, 0.3) is 0 Å². The number of aryl methyl sites for hydroxylation is 2. The highest BCUT2D eigenvalue weighted by Gasteiger charge is 2.36. The van der Waals surface area contributed by atoms with Crippen molar-refractivity contribution < 1.29 is 37.0 Å². The van der Waals surface area contributed by atoms with Gasteiger partial charge in [0.1, 0.15) is 30.0 Å². The van der Waals surface area contributed by atoms with Crippen LogP contribution in [0.2, 0.25) is 0 Å². The summed E-state index contributed by atoms with van der Waals surface area (Å²) in [6, 6.07) is 3.47. The van der Waals surface area contributed by atoms with Crippen molar-refractivity contribution in [3.8, 4) is 0 Å². The zero-order chi connectivity index (χ0) is 32.8. The Morgan fingerprint density at radius 3 is 2.53 bits per heavy atom. The van der Waals surface area contributed by atoms with Crippen LogP contribution in [0, 0.1) is 11.7 Å². The second kappa shape index (κ2) is 18.0. The molecule has 0 spiro atoms. The quantitative estimate of drug-likeness (QED) is 0.106. The van der Waals surface area contributed by atoms with E-state index in [4.69, 9.17) is 9.72 Å². The molecule has 1 aliphatic rings. The van der Waals surface area contributed by atoms with Gasteiger partial charge < -0.3 is 20.5 Å². The molecule has 1 amide bonds. The number of ether oxygens (including phenoxy) is 1. The number of carbonyl (C=O) groups is 2. The van der Waals surface area contributed by atoms with Crippen LogP contribution in [0.5, 0.6) is 0 Å². The molecule has 0 aromatic carbocycles. The number of halogens is 4. The lowest BCUT2D eigenvalue weighted by molar-refractivity contribution is -0.139. The van der Waals surface area contributed by atoms with Crippen LogP contribution < -0.4 is 10.6 Å². The van der Waals surface area contributed by atoms with E-state index in [2.05, 4.69) is 27.8 Å². The first-order valence-electron chi connectivity index (χ1n) is 16.0. The highest BCUT2D eigenvalue weighted by molar-refractivity contribution is 5.96. The van der Waals surface area contributed by atoms with Gasteiger partial charge >= 0.3 is 5.97 Å². The Hall–Kier alpha value is -3.28. The summed E-state index contributed by atoms with van der Waals surface area (Å²) >= 11 is 0. The molecule has 3 atom stereocenters. The van der Waals surface area contributed by atoms with Gasteiger partial charge in [0, 0.05) is 25.8 Å². The van der Waals surface area contributed by atoms with Gasteiger partial charge in [-0.1, -0.05) is 45.1 Å². The number of carboxylic acid groups (broad SMARTS) is 1. The van der Waals surface area contributed by atoms with E-state index in [9.17, 15) is 32.3 Å². The summed E-state index contributed by atoms with van der Waals surface area (Å²) in [6.45, 7) is 1.57. The number of hydrogen-bond acceptors (Lipinski definition) is 6. The molecular weight excluding hydrogens is 592 g/mol. The molecule has 250 valence electrons. The van der Waals surface area contributed by atoms with Crippen LogP contribution in [0.1, 0.15) is 105 Å². The maximum atomic E-state index is 14.4. The number of methoxy groups -OCH3 is 1. The molecule has 0 radical (unpaired) electrons. The van der Waals surface area contributed by atoms with Crippen molar-refractivity contribution in [2.45, 2.75) is 108 Å². The highest BCUT2D eigenvalue weighted by Crippen LogP contribution is 2.33. The summed E-state index contributed by atoms with van der Waals surface area (Å²) in [7, 11) is 1.49. The monoisotopic (exact) mass is 638 g/mol. The summed E-state index contributed by atoms with van der Waals surface area (Å²) in [5.74, 6) is -5.65. The lowest BCUT2D eigenvalue weighted by atomic mass is 9.89. The Morgan fingerprint density at radius 1 is 1.11 bits per heavy atom. The third-order valence-electron chi connectivity index (χ3n) is 8.52. The van der Waals surface area contributed by atoms with Crippen molar-refractivity contribution in [1.82, 2.24) is 15.3 Å². The number of alkyl halides is 3. The number of rotatable bonds is 20. The number of hydrogen-bond donors (Lipinski definition) is 3. The third kappa shape index (κ3) is 11.2. The molecule has 0 fully saturated rings. The van der Waals surface area contributed by atoms with Gasteiger partial charge in [0.05, 0.1) is 17.9 Å². The molecule has 0 saturated heterocycles. The standard InChI is InChI=1S/C33H46F4N4O4/c1-3-33(36,37)27-19-24(35)21-39-29(27)31(42)41-28(32(43)44)13-7-5-10-22(14-17-26(20-34)45-2)9-4-6-12-25-16-15-23-11-8-18-38-30(23)40-25/h15-16,19,21-22,26,28H,3-14,17-18,20H2,1-2H3,(H,38,40)(H,41,42)(H,43,44)/t22?,26-,28-/m0/s1. The van der Waals surface area contributed by atoms with Crippen molar-refractivity contribution in [2.24, 2.45) is 5.92 Å². The summed E-state index contributed by atoms with van der Waals surface area (Å²) in [5.41, 5.74) is 0.734. The first-order valence-corrected chi connectivity index (χ1v) is 16.0. The molecule has 45 heavy (non-hydrogen) atoms. The van der Waals surface area contributed by atoms with Crippen LogP contribution >= 0.6 is 0 Å². The van der Waals surface area contributed by atoms with Crippen molar-refractivity contribution in [2.75, 3.05) is 25.6 Å². The van der Waals surface area contributed by atoms with Gasteiger partial charge in [-0.05, 0) is 68.6 Å². The fourth-order valence-corrected chi connectivity index (χ4v) is 5.71. The second-order valence-corrected chi connectivity index (χ2v) is 11.8. The van der Waals surface area contributed by atoms with E-state index < -0.39 is 60.1 Å². The van der Waals surface area contributed by atoms with Crippen LogP contribution in [0.4, 0.5) is 23.4 Å². The van der Waals surface area contributed by atoms with E-state index in [0.717, 1.165) is 69.4 Å². The zero-order valence-electron chi connectivity index (χ0n) is 26.2. The van der Waals surface area contributed by atoms with E-state index in [0.29, 0.717) is 31.5 Å². The fraction of sp³-hybridized carbons (Fsp3) is 0.636. The Balaban J connectivity index is 1.52. The van der Waals surface area contributed by atoms with E-state index >= 15 is 0 Å². The lowest BCUT2D eigenvalue weighted by Crippen LogP contribution is -2.42. The van der Waals surface area contributed by atoms with Gasteiger partial charge in [-0.2, -0.15) is 0 Å². The summed E-state index contributed by atoms with van der Waals surface area (Å²) in [6.07, 6.45) is 8.74. The predicted octanol–water partition coefficient (Wildman–Crippen LogP) is 7.01. The third-order valence-corrected chi connectivity index (χ3v) is 8.52. The second-order valence-electron chi connectivity index (χ2n) is 11.8. The van der Waals surface area contributed by atoms with E-state index in [-0.39, 0.29) is 12.3 Å². The molecular formula is C33H46F4N4O4. The van der Waals surface area contributed by atoms with Gasteiger partial charge in [-0.15, -0.1) is 0 Å². The summed E-state index contributed by atoms with van der Waals surface area (Å²) < 4.78 is 60.9. The van der Waals surface area contributed by atoms with Gasteiger partial charge in [0.25, 0.3) is 11.8 Å². The molecule has 0 aliphatic carbocycles. The minimum absolute atomic E-state index is 0.0811. The molecule has 3 N–H and O–H groups in total. The first kappa shape index (κ1) is 36.2. The Morgan fingerprint density at radius 2 is 1.84 bits per heavy atom. The van der Waals surface area contributed by atoms with Gasteiger partial charge in [-0.3, -0.25) is 4.79 Å². The Labute approximate surface area is 262 Å². The fourth-order valence-electron chi connectivity index (χ4n) is 5.71. The van der Waals surface area contributed by atoms with Crippen LogP contribution in [0.3, 0.4) is 0 Å². The normalized spacial score (nSPS) is 15.1. The minimum Gasteiger partial charge on any atom is -0.480 e. The average molecular weight is 639 g/mol. The molecule has 12 heteroatoms. The maximum absolute atomic E-state index is 14.4. The van der Waals surface area contributed by atoms with Gasteiger partial charge in [0.15, 0.2) is 0 Å². The number of anilines is 1. The van der Waals surface area contributed by atoms with Gasteiger partial charge in [-0.25, -0.2) is 32.3 Å². The number of carbonyl (C=O) groups excluding carboxylic acids is 1. The molecule has 2 aromatic rings. The smallest absolute Gasteiger partial charge is 0.326 e. The molecule has 3 heterocycles. The number of carboxylic acids is 1. The average Bonchev–Trinajstić information content (AvgIpc) is 3.04. The van der Waals surface area contributed by atoms with E-state index in [1.807, 2.05) is 0 Å². The lowest BCUT2D eigenvalue weighted by Gasteiger charge is -2.21. The molecule has 3 rings (SSSR count). The topological polar surface area (TPSA) is 113 Å². The highest BCUT2D eigenvalue weighted by atomic mass is 19.3. The number of nitrogens with one attached hydrogen (secondary N) is 2. The number of pyridine rings is 2. The molecule has 0 bridgehead atoms. The molecule has 2 aromatic heterocycles. The predicted molar refractivity (Wildman–Crippen MR) is 164 cm³/mol. The van der Waals surface area contributed by atoms with Crippen molar-refractivity contribution in [3.63, 3.8) is 0 Å². The minimum atomic E-state index is -3.51. The summed E-state index contributed by atoms with van der Waals surface area (Å²) in [5, 5.41) is 15.3. The number of fused-ring (bicyclic) bond motifs is 1. The zero-order valence-corrected chi connectivity index (χ0v) is 26.2. The number of amides is 1. The molecule has 0 saturated carbocycles. The molecule has 8 nitrogen and oxygen atoms in total. The Bertz CT molecular complexity index is 1250. The number of aliphatic carboxylic acids is 1. The largest absolute Gasteiger partial charge is 0.480 e. The van der Waals surface area contributed by atoms with Crippen LogP contribution in [0.15, 0.2) is 24.4 Å². The van der Waals surface area contributed by atoms with Gasteiger partial charge in [0.2, 0.25) is 0 Å². The Kier molecular flexibility index (Phi) is 14.5. The molecule has 1 unspecified atom stereocenters. The van der Waals surface area contributed by atoms with E-state index in [1.165, 1.54) is 19.6 Å². The van der Waals surface area contributed by atoms with Crippen molar-refractivity contribution in [3.05, 3.63) is 52.7 Å². The number of unbranched alkanes of at least 4 members (excludes halogenated alkanes) is 2. The van der Waals surface area contributed by atoms with Crippen LogP contribution in [-0.2, 0) is 28.3 Å².